The van der Waals surface area contributed by atoms with Gasteiger partial charge in [0.2, 0.25) is 11.8 Å². The number of ether oxygens (including phenoxy) is 1. The molecule has 2 amide bonds. The number of para-hydroxylation sites is 2. The van der Waals surface area contributed by atoms with Gasteiger partial charge < -0.3 is 15.4 Å². The maximum absolute atomic E-state index is 12.2. The molecule has 1 fully saturated rings. The monoisotopic (exact) mass is 305 g/mol. The highest BCUT2D eigenvalue weighted by molar-refractivity contribution is 5.93. The first-order valence-corrected chi connectivity index (χ1v) is 7.59. The van der Waals surface area contributed by atoms with Crippen molar-refractivity contribution in [3.8, 4) is 5.75 Å². The van der Waals surface area contributed by atoms with Crippen LogP contribution in [0.2, 0.25) is 0 Å². The summed E-state index contributed by atoms with van der Waals surface area (Å²) in [7, 11) is 1.64. The highest BCUT2D eigenvalue weighted by Gasteiger charge is 2.28. The molecule has 0 spiro atoms. The van der Waals surface area contributed by atoms with Gasteiger partial charge in [0.1, 0.15) is 5.75 Å². The van der Waals surface area contributed by atoms with E-state index in [0.717, 1.165) is 13.0 Å². The molecule has 1 atom stereocenters. The van der Waals surface area contributed by atoms with E-state index >= 15 is 0 Å². The van der Waals surface area contributed by atoms with Crippen molar-refractivity contribution >= 4 is 17.5 Å². The van der Waals surface area contributed by atoms with Gasteiger partial charge in [-0.2, -0.15) is 0 Å². The average Bonchev–Trinajstić information content (AvgIpc) is 2.97. The molecule has 0 bridgehead atoms. The lowest BCUT2D eigenvalue weighted by atomic mass is 10.1. The molecule has 1 aromatic rings. The number of nitrogens with one attached hydrogen (secondary N) is 2. The lowest BCUT2D eigenvalue weighted by Gasteiger charge is -2.16. The van der Waals surface area contributed by atoms with Crippen molar-refractivity contribution in [3.63, 3.8) is 0 Å². The van der Waals surface area contributed by atoms with Gasteiger partial charge in [0.25, 0.3) is 0 Å². The Bertz CT molecular complexity index is 533. The molecule has 0 aliphatic carbocycles. The van der Waals surface area contributed by atoms with Crippen LogP contribution < -0.4 is 15.4 Å². The van der Waals surface area contributed by atoms with Gasteiger partial charge in [-0.05, 0) is 32.0 Å². The first-order chi connectivity index (χ1) is 10.6. The number of hydrogen-bond donors (Lipinski definition) is 2. The van der Waals surface area contributed by atoms with Gasteiger partial charge in [-0.1, -0.05) is 12.1 Å². The van der Waals surface area contributed by atoms with Crippen LogP contribution >= 0.6 is 0 Å². The number of carbonyl (C=O) groups excluding carboxylic acids is 2. The van der Waals surface area contributed by atoms with Crippen LogP contribution in [0.5, 0.6) is 5.75 Å². The van der Waals surface area contributed by atoms with Crippen LogP contribution in [0.3, 0.4) is 0 Å². The molecule has 0 saturated carbocycles. The number of likely N-dealkylation sites (tertiary alicyclic amines) is 1. The van der Waals surface area contributed by atoms with Gasteiger partial charge in [-0.3, -0.25) is 14.5 Å². The Morgan fingerprint density at radius 1 is 1.36 bits per heavy atom. The number of rotatable bonds is 6. The summed E-state index contributed by atoms with van der Waals surface area (Å²) in [5.41, 5.74) is 0.677. The Balaban J connectivity index is 1.88. The number of amides is 2. The van der Waals surface area contributed by atoms with Gasteiger partial charge in [0.15, 0.2) is 0 Å². The summed E-state index contributed by atoms with van der Waals surface area (Å²) < 4.78 is 5.49. The van der Waals surface area contributed by atoms with Gasteiger partial charge in [0, 0.05) is 13.6 Å². The maximum Gasteiger partial charge on any atom is 0.238 e. The van der Waals surface area contributed by atoms with Crippen molar-refractivity contribution < 1.29 is 14.3 Å². The molecule has 1 saturated heterocycles. The fraction of sp³-hybridized carbons (Fsp3) is 0.500. The van der Waals surface area contributed by atoms with Crippen molar-refractivity contribution in [2.24, 2.45) is 5.92 Å². The summed E-state index contributed by atoms with van der Waals surface area (Å²) in [4.78, 5) is 25.8. The van der Waals surface area contributed by atoms with E-state index in [0.29, 0.717) is 24.6 Å². The van der Waals surface area contributed by atoms with Crippen LogP contribution in [0.1, 0.15) is 13.3 Å². The summed E-state index contributed by atoms with van der Waals surface area (Å²) in [5.74, 6) is 0.603. The van der Waals surface area contributed by atoms with Crippen LogP contribution in [-0.2, 0) is 9.59 Å². The lowest BCUT2D eigenvalue weighted by molar-refractivity contribution is -0.124. The summed E-state index contributed by atoms with van der Waals surface area (Å²) in [6.45, 7) is 4.13. The molecule has 1 heterocycles. The van der Waals surface area contributed by atoms with E-state index in [4.69, 9.17) is 4.74 Å². The van der Waals surface area contributed by atoms with Gasteiger partial charge >= 0.3 is 0 Å². The molecule has 6 heteroatoms. The van der Waals surface area contributed by atoms with E-state index < -0.39 is 0 Å². The van der Waals surface area contributed by atoms with E-state index in [9.17, 15) is 9.59 Å². The summed E-state index contributed by atoms with van der Waals surface area (Å²) in [5, 5.41) is 5.53. The lowest BCUT2D eigenvalue weighted by Crippen LogP contribution is -2.34. The molecule has 6 nitrogen and oxygen atoms in total. The quantitative estimate of drug-likeness (QED) is 0.825. The van der Waals surface area contributed by atoms with Crippen LogP contribution in [0.15, 0.2) is 24.3 Å². The third-order valence-corrected chi connectivity index (χ3v) is 3.72. The zero-order chi connectivity index (χ0) is 15.9. The SMILES string of the molecule is CCOc1ccccc1NC(=O)CN1CCC(C(=O)NC)C1. The second kappa shape index (κ2) is 7.79. The van der Waals surface area contributed by atoms with Crippen LogP contribution in [0.25, 0.3) is 0 Å². The van der Waals surface area contributed by atoms with Crippen molar-refractivity contribution in [2.75, 3.05) is 38.6 Å². The zero-order valence-electron chi connectivity index (χ0n) is 13.1. The molecular weight excluding hydrogens is 282 g/mol. The Kier molecular flexibility index (Phi) is 5.77. The first kappa shape index (κ1) is 16.3. The Labute approximate surface area is 130 Å². The van der Waals surface area contributed by atoms with Gasteiger partial charge in [-0.25, -0.2) is 0 Å². The molecule has 0 aromatic heterocycles. The molecule has 1 aromatic carbocycles. The Morgan fingerprint density at radius 2 is 2.14 bits per heavy atom. The standard InChI is InChI=1S/C16H23N3O3/c1-3-22-14-7-5-4-6-13(14)18-15(20)11-19-9-8-12(10-19)16(21)17-2/h4-7,12H,3,8-11H2,1-2H3,(H,17,21)(H,18,20). The van der Waals surface area contributed by atoms with Crippen molar-refractivity contribution in [1.82, 2.24) is 10.2 Å². The molecule has 1 aliphatic heterocycles. The largest absolute Gasteiger partial charge is 0.492 e. The minimum Gasteiger partial charge on any atom is -0.492 e. The number of hydrogen-bond acceptors (Lipinski definition) is 4. The van der Waals surface area contributed by atoms with Gasteiger partial charge in [0.05, 0.1) is 24.8 Å². The fourth-order valence-corrected chi connectivity index (χ4v) is 2.64. The second-order valence-electron chi connectivity index (χ2n) is 5.31. The molecule has 1 aliphatic rings. The molecule has 2 rings (SSSR count). The Morgan fingerprint density at radius 3 is 2.86 bits per heavy atom. The van der Waals surface area contributed by atoms with E-state index in [1.807, 2.05) is 36.1 Å². The normalized spacial score (nSPS) is 18.0. The zero-order valence-corrected chi connectivity index (χ0v) is 13.1. The summed E-state index contributed by atoms with van der Waals surface area (Å²) in [6, 6.07) is 7.38. The maximum atomic E-state index is 12.2. The topological polar surface area (TPSA) is 70.7 Å². The fourth-order valence-electron chi connectivity index (χ4n) is 2.64. The number of carbonyl (C=O) groups is 2. The van der Waals surface area contributed by atoms with E-state index in [1.54, 1.807) is 7.05 Å². The van der Waals surface area contributed by atoms with E-state index in [2.05, 4.69) is 10.6 Å². The van der Waals surface area contributed by atoms with E-state index in [-0.39, 0.29) is 24.3 Å². The van der Waals surface area contributed by atoms with Crippen LogP contribution in [-0.4, -0.2) is 50.0 Å². The highest BCUT2D eigenvalue weighted by Crippen LogP contribution is 2.24. The predicted octanol–water partition coefficient (Wildman–Crippen LogP) is 1.09. The minimum atomic E-state index is -0.0929. The number of nitrogens with zero attached hydrogens (tertiary/aromatic N) is 1. The Hall–Kier alpha value is -2.08. The summed E-state index contributed by atoms with van der Waals surface area (Å²) in [6.07, 6.45) is 0.794. The minimum absolute atomic E-state index is 0.0199. The van der Waals surface area contributed by atoms with Crippen molar-refractivity contribution in [3.05, 3.63) is 24.3 Å². The summed E-state index contributed by atoms with van der Waals surface area (Å²) >= 11 is 0. The van der Waals surface area contributed by atoms with E-state index in [1.165, 1.54) is 0 Å². The second-order valence-corrected chi connectivity index (χ2v) is 5.31. The molecule has 0 radical (unpaired) electrons. The average molecular weight is 305 g/mol. The van der Waals surface area contributed by atoms with Crippen LogP contribution in [0.4, 0.5) is 5.69 Å². The predicted molar refractivity (Wildman–Crippen MR) is 84.9 cm³/mol. The molecule has 22 heavy (non-hydrogen) atoms. The number of benzene rings is 1. The van der Waals surface area contributed by atoms with Gasteiger partial charge in [-0.15, -0.1) is 0 Å². The number of anilines is 1. The highest BCUT2D eigenvalue weighted by atomic mass is 16.5. The first-order valence-electron chi connectivity index (χ1n) is 7.59. The molecule has 120 valence electrons. The van der Waals surface area contributed by atoms with Crippen molar-refractivity contribution in [1.29, 1.82) is 0 Å². The third-order valence-electron chi connectivity index (χ3n) is 3.72. The van der Waals surface area contributed by atoms with Crippen molar-refractivity contribution in [2.45, 2.75) is 13.3 Å². The smallest absolute Gasteiger partial charge is 0.238 e. The molecular formula is C16H23N3O3. The molecule has 1 unspecified atom stereocenters. The van der Waals surface area contributed by atoms with Crippen LogP contribution in [0, 0.1) is 5.92 Å². The third kappa shape index (κ3) is 4.21. The molecule has 2 N–H and O–H groups in total.